The quantitative estimate of drug-likeness (QED) is 0.415. The Balaban J connectivity index is 1.62. The van der Waals surface area contributed by atoms with Crippen LogP contribution in [0.4, 0.5) is 0 Å². The van der Waals surface area contributed by atoms with Crippen LogP contribution in [-0.4, -0.2) is 23.1 Å². The summed E-state index contributed by atoms with van der Waals surface area (Å²) in [7, 11) is 0. The van der Waals surface area contributed by atoms with Crippen LogP contribution < -0.4 is 5.32 Å². The van der Waals surface area contributed by atoms with Gasteiger partial charge in [-0.25, -0.2) is 4.79 Å². The highest BCUT2D eigenvalue weighted by atomic mass is 16.5. The molecule has 31 heavy (non-hydrogen) atoms. The van der Waals surface area contributed by atoms with Gasteiger partial charge in [-0.1, -0.05) is 31.2 Å². The first kappa shape index (κ1) is 22.4. The fourth-order valence-corrected chi connectivity index (χ4v) is 4.18. The van der Waals surface area contributed by atoms with Gasteiger partial charge in [0.05, 0.1) is 6.04 Å². The molecule has 1 aliphatic carbocycles. The number of hydrogen-bond acceptors (Lipinski definition) is 4. The van der Waals surface area contributed by atoms with Gasteiger partial charge in [0.25, 0.3) is 5.91 Å². The second-order valence-corrected chi connectivity index (χ2v) is 7.94. The van der Waals surface area contributed by atoms with Gasteiger partial charge in [0.15, 0.2) is 6.61 Å². The zero-order valence-corrected chi connectivity index (χ0v) is 18.4. The lowest BCUT2D eigenvalue weighted by molar-refractivity contribution is -0.144. The number of fused-ring (bicyclic) bond motifs is 1. The minimum absolute atomic E-state index is 0.0777. The number of aryl methyl sites for hydroxylation is 2. The predicted molar refractivity (Wildman–Crippen MR) is 119 cm³/mol. The summed E-state index contributed by atoms with van der Waals surface area (Å²) in [6.45, 7) is 6.53. The third-order valence-corrected chi connectivity index (χ3v) is 5.74. The maximum Gasteiger partial charge on any atom is 0.349 e. The molecule has 0 saturated carbocycles. The molecule has 162 valence electrons. The van der Waals surface area contributed by atoms with Crippen molar-refractivity contribution in [3.63, 3.8) is 0 Å². The number of nitrogens with one attached hydrogen (secondary N) is 1. The average molecular weight is 420 g/mol. The van der Waals surface area contributed by atoms with Crippen LogP contribution in [0, 0.1) is 25.2 Å². The van der Waals surface area contributed by atoms with Crippen molar-refractivity contribution in [3.05, 3.63) is 64.0 Å². The first-order valence-corrected chi connectivity index (χ1v) is 10.8. The molecule has 0 fully saturated rings. The smallest absolute Gasteiger partial charge is 0.349 e. The average Bonchev–Trinajstić information content (AvgIpc) is 3.03. The Hall–Kier alpha value is -3.33. The van der Waals surface area contributed by atoms with E-state index in [4.69, 9.17) is 4.74 Å². The van der Waals surface area contributed by atoms with Crippen molar-refractivity contribution in [2.75, 3.05) is 6.61 Å². The number of hydrogen-bond donors (Lipinski definition) is 1. The van der Waals surface area contributed by atoms with Crippen LogP contribution in [0.3, 0.4) is 0 Å². The molecular formula is C25H29N3O3. The fraction of sp³-hybridized carbons (Fsp3) is 0.400. The number of ether oxygens (including phenoxy) is 1. The molecule has 1 N–H and O–H groups in total. The van der Waals surface area contributed by atoms with E-state index in [0.29, 0.717) is 0 Å². The van der Waals surface area contributed by atoms with Crippen molar-refractivity contribution in [1.82, 2.24) is 9.88 Å². The van der Waals surface area contributed by atoms with Gasteiger partial charge in [-0.2, -0.15) is 5.26 Å². The molecule has 1 heterocycles. The molecule has 0 bridgehead atoms. The number of esters is 1. The van der Waals surface area contributed by atoms with Crippen LogP contribution in [0.2, 0.25) is 0 Å². The van der Waals surface area contributed by atoms with E-state index in [-0.39, 0.29) is 17.5 Å². The van der Waals surface area contributed by atoms with Gasteiger partial charge in [-0.05, 0) is 68.4 Å². The molecule has 1 aliphatic rings. The minimum Gasteiger partial charge on any atom is -0.451 e. The third kappa shape index (κ3) is 5.24. The molecule has 0 saturated heterocycles. The third-order valence-electron chi connectivity index (χ3n) is 5.74. The number of nitrogens with zero attached hydrogens (tertiary/aromatic N) is 2. The van der Waals surface area contributed by atoms with Crippen LogP contribution in [-0.2, 0) is 27.3 Å². The molecule has 1 amide bonds. The molecule has 0 spiro atoms. The van der Waals surface area contributed by atoms with Gasteiger partial charge < -0.3 is 14.6 Å². The molecule has 0 radical (unpaired) electrons. The standard InChI is InChI=1S/C25H29N3O3/c1-4-12-28-17(2)13-20(18(28)3)14-21(15-26)25(30)31-16-24(29)27-23-11-7-9-19-8-5-6-10-22(19)23/h5-6,8,10,13-14,23H,4,7,9,11-12,16H2,1-3H3,(H,27,29)/b21-14-/t23-/m1/s1. The van der Waals surface area contributed by atoms with Crippen molar-refractivity contribution in [3.8, 4) is 6.07 Å². The van der Waals surface area contributed by atoms with Crippen molar-refractivity contribution in [1.29, 1.82) is 5.26 Å². The summed E-state index contributed by atoms with van der Waals surface area (Å²) >= 11 is 0. The summed E-state index contributed by atoms with van der Waals surface area (Å²) in [5.41, 5.74) is 5.12. The molecule has 1 atom stereocenters. The van der Waals surface area contributed by atoms with Crippen LogP contribution >= 0.6 is 0 Å². The van der Waals surface area contributed by atoms with E-state index in [1.165, 1.54) is 11.6 Å². The number of carbonyl (C=O) groups excluding carboxylic acids is 2. The van der Waals surface area contributed by atoms with E-state index < -0.39 is 12.6 Å². The number of benzene rings is 1. The van der Waals surface area contributed by atoms with Gasteiger partial charge in [0.2, 0.25) is 0 Å². The molecule has 0 unspecified atom stereocenters. The maximum absolute atomic E-state index is 12.4. The van der Waals surface area contributed by atoms with E-state index in [2.05, 4.69) is 22.9 Å². The van der Waals surface area contributed by atoms with E-state index >= 15 is 0 Å². The number of aromatic nitrogens is 1. The van der Waals surface area contributed by atoms with Crippen molar-refractivity contribution in [2.45, 2.75) is 59.0 Å². The lowest BCUT2D eigenvalue weighted by Crippen LogP contribution is -2.34. The molecule has 1 aromatic heterocycles. The van der Waals surface area contributed by atoms with E-state index in [9.17, 15) is 14.9 Å². The highest BCUT2D eigenvalue weighted by molar-refractivity contribution is 5.99. The van der Waals surface area contributed by atoms with Crippen LogP contribution in [0.15, 0.2) is 35.9 Å². The first-order chi connectivity index (χ1) is 14.9. The lowest BCUT2D eigenvalue weighted by Gasteiger charge is -2.26. The summed E-state index contributed by atoms with van der Waals surface area (Å²) in [6.07, 6.45) is 5.39. The van der Waals surface area contributed by atoms with Crippen molar-refractivity contribution >= 4 is 18.0 Å². The molecule has 1 aromatic carbocycles. The molecule has 6 nitrogen and oxygen atoms in total. The van der Waals surface area contributed by atoms with Gasteiger partial charge >= 0.3 is 5.97 Å². The van der Waals surface area contributed by atoms with Gasteiger partial charge in [0.1, 0.15) is 11.6 Å². The van der Waals surface area contributed by atoms with Crippen molar-refractivity contribution < 1.29 is 14.3 Å². The summed E-state index contributed by atoms with van der Waals surface area (Å²) in [4.78, 5) is 24.8. The topological polar surface area (TPSA) is 84.1 Å². The van der Waals surface area contributed by atoms with Crippen LogP contribution in [0.1, 0.15) is 60.3 Å². The second kappa shape index (κ2) is 10.1. The van der Waals surface area contributed by atoms with Crippen LogP contribution in [0.5, 0.6) is 0 Å². The van der Waals surface area contributed by atoms with Gasteiger partial charge in [-0.15, -0.1) is 0 Å². The summed E-state index contributed by atoms with van der Waals surface area (Å²) in [5.74, 6) is -1.16. The summed E-state index contributed by atoms with van der Waals surface area (Å²) < 4.78 is 7.29. The maximum atomic E-state index is 12.4. The Morgan fingerprint density at radius 1 is 1.32 bits per heavy atom. The second-order valence-electron chi connectivity index (χ2n) is 7.94. The fourth-order valence-electron chi connectivity index (χ4n) is 4.18. The zero-order valence-electron chi connectivity index (χ0n) is 18.4. The first-order valence-electron chi connectivity index (χ1n) is 10.8. The minimum atomic E-state index is -0.790. The molecule has 6 heteroatoms. The van der Waals surface area contributed by atoms with Gasteiger partial charge in [-0.3, -0.25) is 4.79 Å². The Morgan fingerprint density at radius 3 is 2.84 bits per heavy atom. The molecule has 0 aliphatic heterocycles. The van der Waals surface area contributed by atoms with Crippen molar-refractivity contribution in [2.24, 2.45) is 0 Å². The molecular weight excluding hydrogens is 390 g/mol. The zero-order chi connectivity index (χ0) is 22.4. The Kier molecular flexibility index (Phi) is 7.30. The monoisotopic (exact) mass is 419 g/mol. The molecule has 2 aromatic rings. The highest BCUT2D eigenvalue weighted by Crippen LogP contribution is 2.29. The SMILES string of the molecule is CCCn1c(C)cc(/C=C(/C#N)C(=O)OCC(=O)N[C@@H]2CCCc3ccccc32)c1C. The largest absolute Gasteiger partial charge is 0.451 e. The summed E-state index contributed by atoms with van der Waals surface area (Å²) in [5, 5.41) is 12.4. The lowest BCUT2D eigenvalue weighted by atomic mass is 9.88. The van der Waals surface area contributed by atoms with Gasteiger partial charge in [0, 0.05) is 17.9 Å². The summed E-state index contributed by atoms with van der Waals surface area (Å²) in [6, 6.07) is 11.8. The van der Waals surface area contributed by atoms with E-state index in [1.54, 1.807) is 0 Å². The Labute approximate surface area is 183 Å². The number of amides is 1. The Morgan fingerprint density at radius 2 is 2.10 bits per heavy atom. The number of rotatable bonds is 7. The highest BCUT2D eigenvalue weighted by Gasteiger charge is 2.22. The van der Waals surface area contributed by atoms with E-state index in [1.807, 2.05) is 44.2 Å². The predicted octanol–water partition coefficient (Wildman–Crippen LogP) is 4.16. The normalized spacial score (nSPS) is 15.7. The Bertz CT molecular complexity index is 1040. The number of nitriles is 1. The molecule has 3 rings (SSSR count). The van der Waals surface area contributed by atoms with Crippen LogP contribution in [0.25, 0.3) is 6.08 Å². The number of carbonyl (C=O) groups is 2. The van der Waals surface area contributed by atoms with E-state index in [0.717, 1.165) is 54.7 Å².